The molecule has 0 aromatic heterocycles. The molecule has 1 amide bonds. The number of anilines is 1. The molecule has 0 spiro atoms. The molecule has 2 heterocycles. The molecule has 2 bridgehead atoms. The largest absolute Gasteiger partial charge is 0.491 e. The number of rotatable bonds is 6. The number of allylic oxidation sites excluding steroid dienone is 5. The minimum atomic E-state index is -1.62. The third-order valence-electron chi connectivity index (χ3n) is 9.51. The summed E-state index contributed by atoms with van der Waals surface area (Å²) in [6.45, 7) is 6.59. The highest BCUT2D eigenvalue weighted by Gasteiger charge is 2.38. The quantitative estimate of drug-likeness (QED) is 0.380. The summed E-state index contributed by atoms with van der Waals surface area (Å²) in [5.41, 5.74) is 3.98. The van der Waals surface area contributed by atoms with Crippen LogP contribution in [0.1, 0.15) is 69.2 Å². The Morgan fingerprint density at radius 3 is 2.77 bits per heavy atom. The smallest absolute Gasteiger partial charge is 0.263 e. The Kier molecular flexibility index (Phi) is 10.8. The van der Waals surface area contributed by atoms with Crippen LogP contribution in [0.4, 0.5) is 5.69 Å². The minimum absolute atomic E-state index is 0.00637. The van der Waals surface area contributed by atoms with Gasteiger partial charge in [-0.2, -0.15) is 0 Å². The number of nitrogens with zero attached hydrogens (tertiary/aromatic N) is 1. The highest BCUT2D eigenvalue weighted by atomic mass is 35.5. The SMILES string of the molecule is CCCC1=C(C2COc3ccc4cc3N(C2)CC2CCC2C(=O)/C=C/CC(C)C(CCOC)S(=O)NC4=O)C=CC(Cl)C1. The molecule has 4 aliphatic rings. The van der Waals surface area contributed by atoms with E-state index in [9.17, 15) is 13.8 Å². The van der Waals surface area contributed by atoms with Crippen molar-refractivity contribution in [1.29, 1.82) is 0 Å². The highest BCUT2D eigenvalue weighted by Crippen LogP contribution is 2.42. The molecule has 7 nitrogen and oxygen atoms in total. The average Bonchev–Trinajstić information content (AvgIpc) is 3.14. The number of amides is 1. The zero-order valence-corrected chi connectivity index (χ0v) is 27.1. The number of fused-ring (bicyclic) bond motifs is 2. The third-order valence-corrected chi connectivity index (χ3v) is 11.4. The van der Waals surface area contributed by atoms with Crippen LogP contribution < -0.4 is 14.4 Å². The standard InChI is InChI=1S/C34H45ClN2O5S/c1-4-6-23-17-27(35)11-13-28(23)26-20-37-19-25-9-12-29(25)31(38)8-5-7-22(2)33(15-16-41-3)43(40)36-34(39)24-10-14-32(42-21-26)30(37)18-24/h5,8,10-11,13-14,18,22,25-27,29,33H,4,6-7,9,12,15-17,19-21H2,1-3H3,(H,36,39)/b8-5+. The van der Waals surface area contributed by atoms with Gasteiger partial charge in [-0.1, -0.05) is 44.1 Å². The van der Waals surface area contributed by atoms with Gasteiger partial charge in [0, 0.05) is 44.2 Å². The van der Waals surface area contributed by atoms with Gasteiger partial charge in [0.15, 0.2) is 5.78 Å². The number of nitrogens with one attached hydrogen (secondary N) is 1. The first kappa shape index (κ1) is 32.0. The van der Waals surface area contributed by atoms with Crippen molar-refractivity contribution < 1.29 is 23.3 Å². The van der Waals surface area contributed by atoms with Crippen molar-refractivity contribution in [3.8, 4) is 5.75 Å². The van der Waals surface area contributed by atoms with Crippen molar-refractivity contribution in [3.05, 3.63) is 59.2 Å². The van der Waals surface area contributed by atoms with Gasteiger partial charge in [0.1, 0.15) is 16.7 Å². The van der Waals surface area contributed by atoms with Crippen molar-refractivity contribution in [2.24, 2.45) is 23.7 Å². The number of ether oxygens (including phenoxy) is 2. The zero-order chi connectivity index (χ0) is 30.5. The molecule has 9 heteroatoms. The molecule has 1 saturated carbocycles. The first-order chi connectivity index (χ1) is 20.8. The van der Waals surface area contributed by atoms with Gasteiger partial charge < -0.3 is 14.4 Å². The van der Waals surface area contributed by atoms with Crippen LogP contribution in [0.5, 0.6) is 5.75 Å². The molecule has 2 aliphatic heterocycles. The van der Waals surface area contributed by atoms with Gasteiger partial charge in [-0.05, 0) is 80.2 Å². The molecule has 1 aromatic rings. The summed E-state index contributed by atoms with van der Waals surface area (Å²) in [6.07, 6.45) is 13.8. The lowest BCUT2D eigenvalue weighted by Gasteiger charge is -2.40. The monoisotopic (exact) mass is 628 g/mol. The van der Waals surface area contributed by atoms with E-state index in [1.54, 1.807) is 19.3 Å². The van der Waals surface area contributed by atoms with Gasteiger partial charge in [-0.25, -0.2) is 4.21 Å². The number of alkyl halides is 1. The topological polar surface area (TPSA) is 84.9 Å². The second-order valence-electron chi connectivity index (χ2n) is 12.5. The molecule has 234 valence electrons. The van der Waals surface area contributed by atoms with Crippen LogP contribution in [0.3, 0.4) is 0 Å². The fourth-order valence-corrected chi connectivity index (χ4v) is 8.45. The van der Waals surface area contributed by atoms with Gasteiger partial charge in [0.2, 0.25) is 0 Å². The molecule has 1 aromatic carbocycles. The minimum Gasteiger partial charge on any atom is -0.491 e. The van der Waals surface area contributed by atoms with E-state index in [0.29, 0.717) is 44.7 Å². The molecule has 43 heavy (non-hydrogen) atoms. The molecule has 1 fully saturated rings. The van der Waals surface area contributed by atoms with Crippen molar-refractivity contribution >= 4 is 40.0 Å². The van der Waals surface area contributed by atoms with E-state index < -0.39 is 11.0 Å². The van der Waals surface area contributed by atoms with Gasteiger partial charge >= 0.3 is 0 Å². The maximum atomic E-state index is 13.5. The first-order valence-corrected chi connectivity index (χ1v) is 17.4. The predicted molar refractivity (Wildman–Crippen MR) is 173 cm³/mol. The van der Waals surface area contributed by atoms with E-state index in [2.05, 4.69) is 28.7 Å². The highest BCUT2D eigenvalue weighted by molar-refractivity contribution is 7.84. The van der Waals surface area contributed by atoms with E-state index in [1.165, 1.54) is 11.1 Å². The van der Waals surface area contributed by atoms with Crippen LogP contribution in [0, 0.1) is 23.7 Å². The molecular formula is C34H45ClN2O5S. The Morgan fingerprint density at radius 1 is 1.19 bits per heavy atom. The second-order valence-corrected chi connectivity index (χ2v) is 14.5. The molecule has 1 N–H and O–H groups in total. The second kappa shape index (κ2) is 14.6. The van der Waals surface area contributed by atoms with Crippen LogP contribution in [-0.2, 0) is 20.5 Å². The first-order valence-electron chi connectivity index (χ1n) is 15.8. The van der Waals surface area contributed by atoms with Crippen LogP contribution in [0.25, 0.3) is 0 Å². The Bertz CT molecular complexity index is 1310. The summed E-state index contributed by atoms with van der Waals surface area (Å²) in [6, 6.07) is 5.47. The number of hydrogen-bond donors (Lipinski definition) is 1. The summed E-state index contributed by atoms with van der Waals surface area (Å²) in [4.78, 5) is 29.1. The van der Waals surface area contributed by atoms with Gasteiger partial charge in [0.05, 0.1) is 22.9 Å². The van der Waals surface area contributed by atoms with Crippen molar-refractivity contribution in [1.82, 2.24) is 4.72 Å². The van der Waals surface area contributed by atoms with Crippen LogP contribution >= 0.6 is 11.6 Å². The maximum absolute atomic E-state index is 13.5. The Morgan fingerprint density at radius 2 is 2.02 bits per heavy atom. The van der Waals surface area contributed by atoms with E-state index in [1.807, 2.05) is 25.1 Å². The molecule has 2 aliphatic carbocycles. The van der Waals surface area contributed by atoms with E-state index in [0.717, 1.165) is 43.5 Å². The van der Waals surface area contributed by atoms with Crippen LogP contribution in [0.15, 0.2) is 53.6 Å². The van der Waals surface area contributed by atoms with Gasteiger partial charge in [0.25, 0.3) is 5.91 Å². The normalized spacial score (nSPS) is 32.3. The van der Waals surface area contributed by atoms with E-state index in [4.69, 9.17) is 21.1 Å². The number of carbonyl (C=O) groups is 2. The van der Waals surface area contributed by atoms with Crippen molar-refractivity contribution in [3.63, 3.8) is 0 Å². The summed E-state index contributed by atoms with van der Waals surface area (Å²) in [5, 5.41) is -0.299. The third kappa shape index (κ3) is 7.46. The molecule has 7 unspecified atom stereocenters. The average molecular weight is 629 g/mol. The lowest BCUT2D eigenvalue weighted by molar-refractivity contribution is -0.122. The molecule has 0 radical (unpaired) electrons. The fourth-order valence-electron chi connectivity index (χ4n) is 6.90. The molecule has 5 rings (SSSR count). The lowest BCUT2D eigenvalue weighted by atomic mass is 9.70. The van der Waals surface area contributed by atoms with Gasteiger partial charge in [-0.15, -0.1) is 11.6 Å². The van der Waals surface area contributed by atoms with E-state index in [-0.39, 0.29) is 46.0 Å². The van der Waals surface area contributed by atoms with Crippen LogP contribution in [-0.4, -0.2) is 59.9 Å². The number of benzene rings is 1. The van der Waals surface area contributed by atoms with Crippen LogP contribution in [0.2, 0.25) is 0 Å². The Balaban J connectivity index is 1.50. The fraction of sp³-hybridized carbons (Fsp3) is 0.588. The summed E-state index contributed by atoms with van der Waals surface area (Å²) in [5.74, 6) is 0.861. The number of halogens is 1. The predicted octanol–water partition coefficient (Wildman–Crippen LogP) is 6.16. The maximum Gasteiger partial charge on any atom is 0.263 e. The zero-order valence-electron chi connectivity index (χ0n) is 25.6. The van der Waals surface area contributed by atoms with E-state index >= 15 is 0 Å². The summed E-state index contributed by atoms with van der Waals surface area (Å²) in [7, 11) is -0.00856. The van der Waals surface area contributed by atoms with Crippen molar-refractivity contribution in [2.75, 3.05) is 38.3 Å². The number of carbonyl (C=O) groups excluding carboxylic acids is 2. The molecular weight excluding hydrogens is 584 g/mol. The number of hydrogen-bond acceptors (Lipinski definition) is 6. The number of methoxy groups -OCH3 is 1. The summed E-state index contributed by atoms with van der Waals surface area (Å²) >= 11 is 6.53. The Labute approximate surface area is 263 Å². The van der Waals surface area contributed by atoms with Gasteiger partial charge in [-0.3, -0.25) is 14.3 Å². The van der Waals surface area contributed by atoms with Crippen molar-refractivity contribution in [2.45, 2.75) is 69.4 Å². The lowest BCUT2D eigenvalue weighted by Crippen LogP contribution is -2.43. The molecule has 0 saturated heterocycles. The number of ketones is 1. The Hall–Kier alpha value is -2.42. The summed E-state index contributed by atoms with van der Waals surface area (Å²) < 4.78 is 27.9. The molecule has 7 atom stereocenters.